The number of hydrogen-bond donors (Lipinski definition) is 1. The molecule has 0 saturated heterocycles. The molecule has 112 valence electrons. The molecule has 0 spiro atoms. The van der Waals surface area contributed by atoms with E-state index in [2.05, 4.69) is 52.4 Å². The zero-order valence-corrected chi connectivity index (χ0v) is 12.7. The van der Waals surface area contributed by atoms with Crippen LogP contribution in [0.25, 0.3) is 54.5 Å². The number of aromatic nitrogens is 2. The van der Waals surface area contributed by atoms with Crippen LogP contribution in [0.5, 0.6) is 0 Å². The molecule has 0 fully saturated rings. The zero-order valence-electron chi connectivity index (χ0n) is 12.7. The minimum atomic E-state index is 0.868. The standard InChI is InChI=1S/C21H12N2O/c1-2-5-13-12(4-1)14-7-8-16-19(18(14)20-15(13)9-11-23-20)21-17(24-16)6-3-10-22-21/h1-11,22H. The van der Waals surface area contributed by atoms with E-state index in [1.54, 1.807) is 0 Å². The van der Waals surface area contributed by atoms with E-state index in [4.69, 9.17) is 4.42 Å². The minimum Gasteiger partial charge on any atom is -0.454 e. The third-order valence-electron chi connectivity index (χ3n) is 4.90. The van der Waals surface area contributed by atoms with E-state index in [9.17, 15) is 0 Å². The van der Waals surface area contributed by atoms with Gasteiger partial charge < -0.3 is 9.40 Å². The number of rotatable bonds is 0. The van der Waals surface area contributed by atoms with Crippen molar-refractivity contribution < 1.29 is 4.42 Å². The zero-order chi connectivity index (χ0) is 15.7. The van der Waals surface area contributed by atoms with Crippen LogP contribution in [0.2, 0.25) is 0 Å². The van der Waals surface area contributed by atoms with E-state index in [-0.39, 0.29) is 0 Å². The summed E-state index contributed by atoms with van der Waals surface area (Å²) in [5.41, 5.74) is 3.82. The molecule has 0 atom stereocenters. The molecule has 3 aromatic heterocycles. The van der Waals surface area contributed by atoms with E-state index < -0.39 is 0 Å². The Morgan fingerprint density at radius 3 is 2.50 bits per heavy atom. The Labute approximate surface area is 136 Å². The summed E-state index contributed by atoms with van der Waals surface area (Å²) < 4.78 is 6.04. The first-order chi connectivity index (χ1) is 11.9. The molecule has 6 rings (SSSR count). The fourth-order valence-electron chi connectivity index (χ4n) is 3.91. The second-order valence-electron chi connectivity index (χ2n) is 6.13. The summed E-state index contributed by atoms with van der Waals surface area (Å²) in [6.45, 7) is 0. The van der Waals surface area contributed by atoms with Gasteiger partial charge in [-0.3, -0.25) is 4.98 Å². The largest absolute Gasteiger partial charge is 0.454 e. The van der Waals surface area contributed by atoms with Gasteiger partial charge in [-0.25, -0.2) is 0 Å². The van der Waals surface area contributed by atoms with Crippen molar-refractivity contribution in [3.05, 3.63) is 67.0 Å². The highest BCUT2D eigenvalue weighted by Crippen LogP contribution is 2.41. The lowest BCUT2D eigenvalue weighted by atomic mass is 9.96. The fourth-order valence-corrected chi connectivity index (χ4v) is 3.91. The van der Waals surface area contributed by atoms with Gasteiger partial charge in [0.2, 0.25) is 0 Å². The van der Waals surface area contributed by atoms with Gasteiger partial charge in [-0.2, -0.15) is 0 Å². The summed E-state index contributed by atoms with van der Waals surface area (Å²) in [5, 5.41) is 7.17. The topological polar surface area (TPSA) is 41.8 Å². The van der Waals surface area contributed by atoms with Crippen molar-refractivity contribution in [1.82, 2.24) is 9.97 Å². The Kier molecular flexibility index (Phi) is 2.10. The molecule has 0 saturated carbocycles. The van der Waals surface area contributed by atoms with Crippen LogP contribution in [0, 0.1) is 0 Å². The lowest BCUT2D eigenvalue weighted by molar-refractivity contribution is 0.668. The number of hydrogen-bond acceptors (Lipinski definition) is 2. The fraction of sp³-hybridized carbons (Fsp3) is 0. The predicted octanol–water partition coefficient (Wildman–Crippen LogP) is 5.77. The highest BCUT2D eigenvalue weighted by atomic mass is 16.3. The Morgan fingerprint density at radius 1 is 0.708 bits per heavy atom. The molecule has 0 aliphatic carbocycles. The highest BCUT2D eigenvalue weighted by Gasteiger charge is 2.16. The first kappa shape index (κ1) is 12.1. The maximum atomic E-state index is 6.04. The molecule has 0 unspecified atom stereocenters. The van der Waals surface area contributed by atoms with E-state index in [0.717, 1.165) is 33.0 Å². The summed E-state index contributed by atoms with van der Waals surface area (Å²) in [6.07, 6.45) is 3.83. The normalized spacial score (nSPS) is 12.2. The summed E-state index contributed by atoms with van der Waals surface area (Å²) in [7, 11) is 0. The third kappa shape index (κ3) is 1.35. The number of aromatic amines is 1. The number of pyridine rings is 1. The van der Waals surface area contributed by atoms with Gasteiger partial charge in [0.15, 0.2) is 5.58 Å². The van der Waals surface area contributed by atoms with Gasteiger partial charge in [-0.1, -0.05) is 24.3 Å². The molecule has 3 heteroatoms. The van der Waals surface area contributed by atoms with Crippen molar-refractivity contribution in [3.8, 4) is 0 Å². The molecule has 0 bridgehead atoms. The average Bonchev–Trinajstić information content (AvgIpc) is 3.26. The van der Waals surface area contributed by atoms with Gasteiger partial charge in [0, 0.05) is 23.2 Å². The number of nitrogens with zero attached hydrogens (tertiary/aromatic N) is 1. The molecule has 3 nitrogen and oxygen atoms in total. The lowest BCUT2D eigenvalue weighted by Crippen LogP contribution is -1.83. The molecule has 3 aromatic carbocycles. The second-order valence-corrected chi connectivity index (χ2v) is 6.13. The minimum absolute atomic E-state index is 0.868. The van der Waals surface area contributed by atoms with Crippen LogP contribution in [0.15, 0.2) is 71.4 Å². The monoisotopic (exact) mass is 308 g/mol. The molecule has 6 aromatic rings. The molecule has 1 N–H and O–H groups in total. The molecule has 0 amide bonds. The quantitative estimate of drug-likeness (QED) is 0.362. The molecular formula is C21H12N2O. The smallest absolute Gasteiger partial charge is 0.151 e. The first-order valence-electron chi connectivity index (χ1n) is 7.99. The first-order valence-corrected chi connectivity index (χ1v) is 7.99. The third-order valence-corrected chi connectivity index (χ3v) is 4.90. The van der Waals surface area contributed by atoms with Crippen LogP contribution in [0.4, 0.5) is 0 Å². The molecule has 0 aliphatic rings. The molecule has 0 aliphatic heterocycles. The van der Waals surface area contributed by atoms with E-state index in [1.807, 2.05) is 24.5 Å². The summed E-state index contributed by atoms with van der Waals surface area (Å²) in [6, 6.07) is 18.8. The number of furan rings is 1. The summed E-state index contributed by atoms with van der Waals surface area (Å²) in [5.74, 6) is 0. The Hall–Kier alpha value is -3.33. The van der Waals surface area contributed by atoms with E-state index in [1.165, 1.54) is 21.5 Å². The highest BCUT2D eigenvalue weighted by molar-refractivity contribution is 6.33. The SMILES string of the molecule is c1c[nH]c2c(c1)oc1ccc3c4ccccc4c4ccnc4c3c12. The van der Waals surface area contributed by atoms with Crippen molar-refractivity contribution in [3.63, 3.8) is 0 Å². The van der Waals surface area contributed by atoms with Crippen molar-refractivity contribution in [1.29, 1.82) is 0 Å². The van der Waals surface area contributed by atoms with E-state index in [0.29, 0.717) is 0 Å². The van der Waals surface area contributed by atoms with Crippen LogP contribution >= 0.6 is 0 Å². The van der Waals surface area contributed by atoms with Crippen LogP contribution in [0.1, 0.15) is 0 Å². The number of nitrogens with one attached hydrogen (secondary N) is 1. The second kappa shape index (κ2) is 4.15. The van der Waals surface area contributed by atoms with Crippen LogP contribution in [0.3, 0.4) is 0 Å². The van der Waals surface area contributed by atoms with Crippen molar-refractivity contribution in [2.24, 2.45) is 0 Å². The van der Waals surface area contributed by atoms with Crippen molar-refractivity contribution >= 4 is 54.5 Å². The van der Waals surface area contributed by atoms with Gasteiger partial charge in [-0.05, 0) is 46.5 Å². The van der Waals surface area contributed by atoms with Crippen LogP contribution in [-0.4, -0.2) is 9.97 Å². The molecule has 0 radical (unpaired) electrons. The predicted molar refractivity (Wildman–Crippen MR) is 98.4 cm³/mol. The number of benzene rings is 3. The number of H-pyrrole nitrogens is 1. The molecule has 3 heterocycles. The van der Waals surface area contributed by atoms with Gasteiger partial charge in [0.25, 0.3) is 0 Å². The maximum Gasteiger partial charge on any atom is 0.151 e. The van der Waals surface area contributed by atoms with Crippen LogP contribution < -0.4 is 0 Å². The maximum absolute atomic E-state index is 6.04. The van der Waals surface area contributed by atoms with Gasteiger partial charge in [-0.15, -0.1) is 0 Å². The Morgan fingerprint density at radius 2 is 1.58 bits per heavy atom. The lowest BCUT2D eigenvalue weighted by Gasteiger charge is -2.07. The number of fused-ring (bicyclic) bond motifs is 10. The Balaban J connectivity index is 2.06. The van der Waals surface area contributed by atoms with E-state index >= 15 is 0 Å². The van der Waals surface area contributed by atoms with Crippen molar-refractivity contribution in [2.45, 2.75) is 0 Å². The summed E-state index contributed by atoms with van der Waals surface area (Å²) >= 11 is 0. The van der Waals surface area contributed by atoms with Gasteiger partial charge >= 0.3 is 0 Å². The average molecular weight is 308 g/mol. The Bertz CT molecular complexity index is 1410. The van der Waals surface area contributed by atoms with Crippen LogP contribution in [-0.2, 0) is 0 Å². The molecule has 24 heavy (non-hydrogen) atoms. The van der Waals surface area contributed by atoms with Gasteiger partial charge in [0.1, 0.15) is 5.58 Å². The molecular weight excluding hydrogens is 296 g/mol. The summed E-state index contributed by atoms with van der Waals surface area (Å²) in [4.78, 5) is 8.03. The van der Waals surface area contributed by atoms with Crippen molar-refractivity contribution in [2.75, 3.05) is 0 Å². The van der Waals surface area contributed by atoms with Gasteiger partial charge in [0.05, 0.1) is 16.4 Å².